The normalized spacial score (nSPS) is 10.9. The zero-order valence-corrected chi connectivity index (χ0v) is 13.5. The summed E-state index contributed by atoms with van der Waals surface area (Å²) < 4.78 is 7.69. The summed E-state index contributed by atoms with van der Waals surface area (Å²) in [4.78, 5) is 12.9. The van der Waals surface area contributed by atoms with Crippen molar-refractivity contribution in [3.63, 3.8) is 0 Å². The number of fused-ring (bicyclic) bond motifs is 1. The standard InChI is InChI=1S/C17H14BrNO3/c1-22-16-8-12(18)6-7-14(16)17(21)19-9-11(10-20)13-4-2-3-5-15(13)19/h2-9,20H,10H2,1H3. The van der Waals surface area contributed by atoms with Crippen LogP contribution in [0.5, 0.6) is 5.75 Å². The number of ether oxygens (including phenoxy) is 1. The Kier molecular flexibility index (Phi) is 4.00. The predicted octanol–water partition coefficient (Wildman–Crippen LogP) is 3.59. The summed E-state index contributed by atoms with van der Waals surface area (Å²) in [6, 6.07) is 12.8. The van der Waals surface area contributed by atoms with Crippen molar-refractivity contribution in [1.82, 2.24) is 4.57 Å². The van der Waals surface area contributed by atoms with E-state index in [0.29, 0.717) is 11.3 Å². The highest BCUT2D eigenvalue weighted by Crippen LogP contribution is 2.27. The number of benzene rings is 2. The highest BCUT2D eigenvalue weighted by Gasteiger charge is 2.18. The van der Waals surface area contributed by atoms with E-state index in [2.05, 4.69) is 15.9 Å². The molecular weight excluding hydrogens is 346 g/mol. The number of aliphatic hydroxyl groups excluding tert-OH is 1. The minimum Gasteiger partial charge on any atom is -0.496 e. The first-order chi connectivity index (χ1) is 10.7. The molecule has 2 aromatic carbocycles. The molecule has 1 aromatic heterocycles. The minimum absolute atomic E-state index is 0.113. The van der Waals surface area contributed by atoms with Gasteiger partial charge in [0, 0.05) is 21.6 Å². The first kappa shape index (κ1) is 14.8. The van der Waals surface area contributed by atoms with Crippen LogP contribution in [0.2, 0.25) is 0 Å². The fourth-order valence-corrected chi connectivity index (χ4v) is 2.86. The summed E-state index contributed by atoms with van der Waals surface area (Å²) in [5, 5.41) is 10.4. The summed E-state index contributed by atoms with van der Waals surface area (Å²) in [5.41, 5.74) is 1.96. The molecule has 22 heavy (non-hydrogen) atoms. The molecule has 0 radical (unpaired) electrons. The van der Waals surface area contributed by atoms with Crippen LogP contribution in [0.25, 0.3) is 10.9 Å². The number of carbonyl (C=O) groups is 1. The highest BCUT2D eigenvalue weighted by molar-refractivity contribution is 9.10. The van der Waals surface area contributed by atoms with E-state index in [1.54, 1.807) is 29.0 Å². The van der Waals surface area contributed by atoms with Crippen LogP contribution >= 0.6 is 15.9 Å². The molecule has 0 aliphatic heterocycles. The zero-order chi connectivity index (χ0) is 15.7. The van der Waals surface area contributed by atoms with Gasteiger partial charge in [-0.1, -0.05) is 34.1 Å². The number of hydrogen-bond acceptors (Lipinski definition) is 3. The third-order valence-electron chi connectivity index (χ3n) is 3.58. The maximum Gasteiger partial charge on any atom is 0.266 e. The minimum atomic E-state index is -0.194. The molecule has 0 aliphatic rings. The monoisotopic (exact) mass is 359 g/mol. The fraction of sp³-hybridized carbons (Fsp3) is 0.118. The van der Waals surface area contributed by atoms with Crippen molar-refractivity contribution in [3.8, 4) is 5.75 Å². The molecule has 1 N–H and O–H groups in total. The Balaban J connectivity index is 2.18. The summed E-state index contributed by atoms with van der Waals surface area (Å²) in [6.07, 6.45) is 1.68. The van der Waals surface area contributed by atoms with Gasteiger partial charge in [0.05, 0.1) is 24.8 Å². The molecule has 0 saturated heterocycles. The molecule has 0 amide bonds. The van der Waals surface area contributed by atoms with Crippen molar-refractivity contribution in [2.24, 2.45) is 0 Å². The van der Waals surface area contributed by atoms with Crippen LogP contribution in [-0.2, 0) is 6.61 Å². The number of nitrogens with zero attached hydrogens (tertiary/aromatic N) is 1. The lowest BCUT2D eigenvalue weighted by atomic mass is 10.1. The number of rotatable bonds is 3. The van der Waals surface area contributed by atoms with Crippen LogP contribution in [0.4, 0.5) is 0 Å². The van der Waals surface area contributed by atoms with Crippen LogP contribution in [0.3, 0.4) is 0 Å². The number of aromatic nitrogens is 1. The molecule has 0 aliphatic carbocycles. The maximum atomic E-state index is 12.9. The Morgan fingerprint density at radius 3 is 2.77 bits per heavy atom. The molecule has 3 aromatic rings. The van der Waals surface area contributed by atoms with E-state index < -0.39 is 0 Å². The molecular formula is C17H14BrNO3. The second-order valence-corrected chi connectivity index (χ2v) is 5.77. The summed E-state index contributed by atoms with van der Waals surface area (Å²) in [5.74, 6) is 0.308. The molecule has 0 atom stereocenters. The lowest BCUT2D eigenvalue weighted by Crippen LogP contribution is -2.12. The topological polar surface area (TPSA) is 51.5 Å². The average Bonchev–Trinajstić information content (AvgIpc) is 2.93. The van der Waals surface area contributed by atoms with Gasteiger partial charge in [-0.2, -0.15) is 0 Å². The van der Waals surface area contributed by atoms with Crippen molar-refractivity contribution < 1.29 is 14.6 Å². The van der Waals surface area contributed by atoms with E-state index in [4.69, 9.17) is 4.74 Å². The summed E-state index contributed by atoms with van der Waals surface area (Å²) >= 11 is 3.37. The Labute approximate surface area is 136 Å². The van der Waals surface area contributed by atoms with Crippen LogP contribution in [0.1, 0.15) is 15.9 Å². The van der Waals surface area contributed by atoms with Gasteiger partial charge in [-0.3, -0.25) is 9.36 Å². The number of halogens is 1. The highest BCUT2D eigenvalue weighted by atomic mass is 79.9. The Bertz CT molecular complexity index is 854. The maximum absolute atomic E-state index is 12.9. The van der Waals surface area contributed by atoms with Crippen molar-refractivity contribution in [1.29, 1.82) is 0 Å². The van der Waals surface area contributed by atoms with E-state index in [1.807, 2.05) is 24.3 Å². The van der Waals surface area contributed by atoms with Crippen molar-refractivity contribution in [2.75, 3.05) is 7.11 Å². The third-order valence-corrected chi connectivity index (χ3v) is 4.07. The lowest BCUT2D eigenvalue weighted by molar-refractivity contribution is 0.0961. The smallest absolute Gasteiger partial charge is 0.266 e. The molecule has 1 heterocycles. The van der Waals surface area contributed by atoms with Crippen LogP contribution < -0.4 is 4.74 Å². The van der Waals surface area contributed by atoms with Crippen molar-refractivity contribution in [2.45, 2.75) is 6.61 Å². The van der Waals surface area contributed by atoms with Crippen LogP contribution in [-0.4, -0.2) is 22.7 Å². The Morgan fingerprint density at radius 1 is 1.27 bits per heavy atom. The quantitative estimate of drug-likeness (QED) is 0.777. The molecule has 0 fully saturated rings. The number of hydrogen-bond donors (Lipinski definition) is 1. The van der Waals surface area contributed by atoms with Crippen molar-refractivity contribution >= 4 is 32.7 Å². The van der Waals surface area contributed by atoms with E-state index in [-0.39, 0.29) is 12.5 Å². The van der Waals surface area contributed by atoms with Gasteiger partial charge in [0.15, 0.2) is 0 Å². The van der Waals surface area contributed by atoms with Gasteiger partial charge < -0.3 is 9.84 Å². The molecule has 0 spiro atoms. The number of methoxy groups -OCH3 is 1. The zero-order valence-electron chi connectivity index (χ0n) is 11.9. The number of carbonyl (C=O) groups excluding carboxylic acids is 1. The fourth-order valence-electron chi connectivity index (χ4n) is 2.52. The van der Waals surface area contributed by atoms with Gasteiger partial charge in [-0.25, -0.2) is 0 Å². The number of para-hydroxylation sites is 1. The van der Waals surface area contributed by atoms with Gasteiger partial charge in [-0.05, 0) is 24.3 Å². The molecule has 0 bridgehead atoms. The van der Waals surface area contributed by atoms with E-state index in [0.717, 1.165) is 20.9 Å². The van der Waals surface area contributed by atoms with Gasteiger partial charge >= 0.3 is 0 Å². The van der Waals surface area contributed by atoms with Crippen LogP contribution in [0, 0.1) is 0 Å². The third kappa shape index (κ3) is 2.42. The average molecular weight is 360 g/mol. The van der Waals surface area contributed by atoms with Crippen molar-refractivity contribution in [3.05, 3.63) is 64.3 Å². The molecule has 0 unspecified atom stereocenters. The largest absolute Gasteiger partial charge is 0.496 e. The van der Waals surface area contributed by atoms with Gasteiger partial charge in [0.1, 0.15) is 5.75 Å². The summed E-state index contributed by atoms with van der Waals surface area (Å²) in [7, 11) is 1.53. The first-order valence-corrected chi connectivity index (χ1v) is 7.53. The molecule has 0 saturated carbocycles. The van der Waals surface area contributed by atoms with Gasteiger partial charge in [0.25, 0.3) is 5.91 Å². The molecule has 112 valence electrons. The second-order valence-electron chi connectivity index (χ2n) is 4.85. The lowest BCUT2D eigenvalue weighted by Gasteiger charge is -2.09. The van der Waals surface area contributed by atoms with Gasteiger partial charge in [-0.15, -0.1) is 0 Å². The van der Waals surface area contributed by atoms with E-state index in [1.165, 1.54) is 7.11 Å². The SMILES string of the molecule is COc1cc(Br)ccc1C(=O)n1cc(CO)c2ccccc21. The Hall–Kier alpha value is -2.11. The van der Waals surface area contributed by atoms with Gasteiger partial charge in [0.2, 0.25) is 0 Å². The second kappa shape index (κ2) is 5.94. The number of aliphatic hydroxyl groups is 1. The van der Waals surface area contributed by atoms with E-state index >= 15 is 0 Å². The Morgan fingerprint density at radius 2 is 2.05 bits per heavy atom. The molecule has 3 rings (SSSR count). The molecule has 4 nitrogen and oxygen atoms in total. The van der Waals surface area contributed by atoms with Crippen LogP contribution in [0.15, 0.2) is 53.1 Å². The molecule has 5 heteroatoms. The van der Waals surface area contributed by atoms with E-state index in [9.17, 15) is 9.90 Å². The first-order valence-electron chi connectivity index (χ1n) is 6.73. The summed E-state index contributed by atoms with van der Waals surface area (Å²) in [6.45, 7) is -0.113. The predicted molar refractivity (Wildman–Crippen MR) is 88.3 cm³/mol.